The van der Waals surface area contributed by atoms with Crippen molar-refractivity contribution in [3.63, 3.8) is 0 Å². The summed E-state index contributed by atoms with van der Waals surface area (Å²) >= 11 is 0. The number of rotatable bonds is 5. The second-order valence-corrected chi connectivity index (χ2v) is 4.42. The van der Waals surface area contributed by atoms with Gasteiger partial charge in [-0.25, -0.2) is 0 Å². The van der Waals surface area contributed by atoms with E-state index in [1.807, 2.05) is 39.0 Å². The van der Waals surface area contributed by atoms with Crippen LogP contribution in [0.3, 0.4) is 0 Å². The maximum atomic E-state index is 11.4. The van der Waals surface area contributed by atoms with E-state index in [2.05, 4.69) is 10.6 Å². The SMILES string of the molecule is Cc1c(N)cccc1NCCC(=O)NC(C)C. The Bertz CT molecular complexity index is 388. The van der Waals surface area contributed by atoms with Crippen molar-refractivity contribution in [2.24, 2.45) is 0 Å². The van der Waals surface area contributed by atoms with Crippen molar-refractivity contribution in [1.29, 1.82) is 0 Å². The highest BCUT2D eigenvalue weighted by Gasteiger charge is 2.04. The molecule has 0 aliphatic rings. The summed E-state index contributed by atoms with van der Waals surface area (Å²) in [6.07, 6.45) is 0.465. The highest BCUT2D eigenvalue weighted by Crippen LogP contribution is 2.20. The van der Waals surface area contributed by atoms with Crippen molar-refractivity contribution in [2.75, 3.05) is 17.6 Å². The predicted molar refractivity (Wildman–Crippen MR) is 72.0 cm³/mol. The van der Waals surface area contributed by atoms with Crippen LogP contribution in [-0.2, 0) is 4.79 Å². The lowest BCUT2D eigenvalue weighted by Crippen LogP contribution is -2.31. The average molecular weight is 235 g/mol. The van der Waals surface area contributed by atoms with E-state index in [0.29, 0.717) is 13.0 Å². The number of nitrogen functional groups attached to an aromatic ring is 1. The van der Waals surface area contributed by atoms with Crippen LogP contribution in [-0.4, -0.2) is 18.5 Å². The third-order valence-electron chi connectivity index (χ3n) is 2.49. The summed E-state index contributed by atoms with van der Waals surface area (Å²) in [6, 6.07) is 5.92. The van der Waals surface area contributed by atoms with Gasteiger partial charge in [-0.05, 0) is 38.5 Å². The fraction of sp³-hybridized carbons (Fsp3) is 0.462. The van der Waals surface area contributed by atoms with Gasteiger partial charge in [-0.15, -0.1) is 0 Å². The monoisotopic (exact) mass is 235 g/mol. The fourth-order valence-electron chi connectivity index (χ4n) is 1.55. The highest BCUT2D eigenvalue weighted by molar-refractivity contribution is 5.76. The number of anilines is 2. The quantitative estimate of drug-likeness (QED) is 0.683. The molecule has 1 rings (SSSR count). The summed E-state index contributed by atoms with van der Waals surface area (Å²) in [6.45, 7) is 6.48. The first-order valence-electron chi connectivity index (χ1n) is 5.89. The molecule has 0 saturated heterocycles. The number of carbonyl (C=O) groups is 1. The lowest BCUT2D eigenvalue weighted by Gasteiger charge is -2.12. The molecule has 1 amide bonds. The van der Waals surface area contributed by atoms with E-state index in [9.17, 15) is 4.79 Å². The van der Waals surface area contributed by atoms with Gasteiger partial charge in [0.1, 0.15) is 0 Å². The van der Waals surface area contributed by atoms with Gasteiger partial charge >= 0.3 is 0 Å². The molecule has 4 N–H and O–H groups in total. The predicted octanol–water partition coefficient (Wildman–Crippen LogP) is 1.90. The normalized spacial score (nSPS) is 10.4. The Kier molecular flexibility index (Phi) is 4.82. The molecule has 0 heterocycles. The Labute approximate surface area is 103 Å². The van der Waals surface area contributed by atoms with Gasteiger partial charge in [0, 0.05) is 30.4 Å². The molecule has 1 aromatic carbocycles. The summed E-state index contributed by atoms with van der Waals surface area (Å²) < 4.78 is 0. The third-order valence-corrected chi connectivity index (χ3v) is 2.49. The van der Waals surface area contributed by atoms with E-state index in [1.54, 1.807) is 0 Å². The van der Waals surface area contributed by atoms with E-state index in [-0.39, 0.29) is 11.9 Å². The van der Waals surface area contributed by atoms with Crippen molar-refractivity contribution >= 4 is 17.3 Å². The Morgan fingerprint density at radius 3 is 2.76 bits per heavy atom. The molecule has 0 saturated carbocycles. The molecule has 0 spiro atoms. The second kappa shape index (κ2) is 6.13. The first kappa shape index (κ1) is 13.4. The van der Waals surface area contributed by atoms with Gasteiger partial charge < -0.3 is 16.4 Å². The van der Waals surface area contributed by atoms with Crippen LogP contribution in [0.4, 0.5) is 11.4 Å². The van der Waals surface area contributed by atoms with Gasteiger partial charge in [-0.3, -0.25) is 4.79 Å². The molecule has 94 valence electrons. The Balaban J connectivity index is 2.41. The van der Waals surface area contributed by atoms with E-state index < -0.39 is 0 Å². The average Bonchev–Trinajstić information content (AvgIpc) is 2.23. The van der Waals surface area contributed by atoms with Crippen LogP contribution >= 0.6 is 0 Å². The Hall–Kier alpha value is -1.71. The van der Waals surface area contributed by atoms with Crippen LogP contribution in [0.5, 0.6) is 0 Å². The van der Waals surface area contributed by atoms with E-state index in [4.69, 9.17) is 5.73 Å². The van der Waals surface area contributed by atoms with E-state index in [1.165, 1.54) is 0 Å². The summed E-state index contributed by atoms with van der Waals surface area (Å²) in [5.74, 6) is 0.0639. The van der Waals surface area contributed by atoms with E-state index >= 15 is 0 Å². The summed E-state index contributed by atoms with van der Waals surface area (Å²) in [4.78, 5) is 11.4. The maximum Gasteiger partial charge on any atom is 0.221 e. The topological polar surface area (TPSA) is 67.1 Å². The van der Waals surface area contributed by atoms with Crippen LogP contribution < -0.4 is 16.4 Å². The van der Waals surface area contributed by atoms with Crippen LogP contribution in [0, 0.1) is 6.92 Å². The van der Waals surface area contributed by atoms with Gasteiger partial charge in [-0.2, -0.15) is 0 Å². The fourth-order valence-corrected chi connectivity index (χ4v) is 1.55. The molecule has 4 nitrogen and oxygen atoms in total. The Morgan fingerprint density at radius 2 is 2.12 bits per heavy atom. The van der Waals surface area contributed by atoms with Gasteiger partial charge in [-0.1, -0.05) is 6.07 Å². The molecule has 0 aromatic heterocycles. The van der Waals surface area contributed by atoms with Crippen molar-refractivity contribution in [3.8, 4) is 0 Å². The zero-order valence-corrected chi connectivity index (χ0v) is 10.7. The van der Waals surface area contributed by atoms with Gasteiger partial charge in [0.2, 0.25) is 5.91 Å². The highest BCUT2D eigenvalue weighted by atomic mass is 16.1. The van der Waals surface area contributed by atoms with Crippen molar-refractivity contribution in [3.05, 3.63) is 23.8 Å². The summed E-state index contributed by atoms with van der Waals surface area (Å²) in [5, 5.41) is 6.07. The maximum absolute atomic E-state index is 11.4. The molecular formula is C13H21N3O. The number of carbonyl (C=O) groups excluding carboxylic acids is 1. The molecule has 0 unspecified atom stereocenters. The van der Waals surface area contributed by atoms with Crippen LogP contribution in [0.1, 0.15) is 25.8 Å². The molecule has 4 heteroatoms. The minimum atomic E-state index is 0.0639. The molecule has 0 bridgehead atoms. The van der Waals surface area contributed by atoms with Crippen LogP contribution in [0.2, 0.25) is 0 Å². The zero-order valence-electron chi connectivity index (χ0n) is 10.7. The molecule has 0 aliphatic carbocycles. The van der Waals surface area contributed by atoms with E-state index in [0.717, 1.165) is 16.9 Å². The molecule has 1 aromatic rings. The number of amides is 1. The lowest BCUT2D eigenvalue weighted by molar-refractivity contribution is -0.121. The van der Waals surface area contributed by atoms with Crippen molar-refractivity contribution < 1.29 is 4.79 Å². The van der Waals surface area contributed by atoms with Crippen molar-refractivity contribution in [2.45, 2.75) is 33.2 Å². The first-order chi connectivity index (χ1) is 8.00. The number of hydrogen-bond acceptors (Lipinski definition) is 3. The largest absolute Gasteiger partial charge is 0.398 e. The van der Waals surface area contributed by atoms with Crippen LogP contribution in [0.25, 0.3) is 0 Å². The second-order valence-electron chi connectivity index (χ2n) is 4.42. The smallest absolute Gasteiger partial charge is 0.221 e. The van der Waals surface area contributed by atoms with Gasteiger partial charge in [0.05, 0.1) is 0 Å². The molecule has 17 heavy (non-hydrogen) atoms. The first-order valence-corrected chi connectivity index (χ1v) is 5.89. The Morgan fingerprint density at radius 1 is 1.41 bits per heavy atom. The minimum Gasteiger partial charge on any atom is -0.398 e. The molecule has 0 radical (unpaired) electrons. The number of nitrogens with two attached hydrogens (primary N) is 1. The standard InChI is InChI=1S/C13H21N3O/c1-9(2)16-13(17)7-8-15-12-6-4-5-11(14)10(12)3/h4-6,9,15H,7-8,14H2,1-3H3,(H,16,17). The molecular weight excluding hydrogens is 214 g/mol. The van der Waals surface area contributed by atoms with Gasteiger partial charge in [0.25, 0.3) is 0 Å². The number of benzene rings is 1. The lowest BCUT2D eigenvalue weighted by atomic mass is 10.1. The van der Waals surface area contributed by atoms with Crippen molar-refractivity contribution in [1.82, 2.24) is 5.32 Å². The van der Waals surface area contributed by atoms with Gasteiger partial charge in [0.15, 0.2) is 0 Å². The number of hydrogen-bond donors (Lipinski definition) is 3. The summed E-state index contributed by atoms with van der Waals surface area (Å²) in [7, 11) is 0. The molecule has 0 aliphatic heterocycles. The molecule has 0 fully saturated rings. The molecule has 0 atom stereocenters. The van der Waals surface area contributed by atoms with Crippen LogP contribution in [0.15, 0.2) is 18.2 Å². The zero-order chi connectivity index (χ0) is 12.8. The minimum absolute atomic E-state index is 0.0639. The third kappa shape index (κ3) is 4.34. The summed E-state index contributed by atoms with van der Waals surface area (Å²) in [5.41, 5.74) is 8.58. The number of nitrogens with one attached hydrogen (secondary N) is 2.